The van der Waals surface area contributed by atoms with E-state index in [2.05, 4.69) is 83.0 Å². The molecule has 0 spiro atoms. The largest absolute Gasteiger partial charge is 0.444 e. The molecular weight excluding hydrogens is 677 g/mol. The molecule has 4 heterocycles. The summed E-state index contributed by atoms with van der Waals surface area (Å²) in [6.45, 7) is 17.1. The Kier molecular flexibility index (Phi) is 12.7. The molecule has 2 fully saturated rings. The van der Waals surface area contributed by atoms with E-state index in [1.54, 1.807) is 11.1 Å². The smallest absolute Gasteiger partial charge is 0.410 e. The zero-order valence-electron chi connectivity index (χ0n) is 32.3. The van der Waals surface area contributed by atoms with E-state index in [0.717, 1.165) is 54.1 Å². The van der Waals surface area contributed by atoms with Crippen LogP contribution in [0.1, 0.15) is 66.4 Å². The van der Waals surface area contributed by atoms with Gasteiger partial charge in [-0.3, -0.25) is 9.69 Å². The fourth-order valence-electron chi connectivity index (χ4n) is 6.04. The van der Waals surface area contributed by atoms with Crippen molar-refractivity contribution in [1.82, 2.24) is 30.1 Å². The lowest BCUT2D eigenvalue weighted by atomic mass is 10.1. The van der Waals surface area contributed by atoms with Crippen molar-refractivity contribution in [3.63, 3.8) is 0 Å². The van der Waals surface area contributed by atoms with Crippen LogP contribution >= 0.6 is 10.3 Å². The van der Waals surface area contributed by atoms with E-state index in [1.807, 2.05) is 45.2 Å². The van der Waals surface area contributed by atoms with Gasteiger partial charge in [0.15, 0.2) is 0 Å². The van der Waals surface area contributed by atoms with Gasteiger partial charge in [0.1, 0.15) is 11.4 Å². The molecule has 2 aliphatic rings. The first-order chi connectivity index (χ1) is 24.6. The van der Waals surface area contributed by atoms with Crippen molar-refractivity contribution in [2.24, 2.45) is 0 Å². The number of pyridine rings is 1. The number of rotatable bonds is 12. The Morgan fingerprint density at radius 3 is 2.42 bits per heavy atom. The summed E-state index contributed by atoms with van der Waals surface area (Å²) < 4.78 is 12.0. The van der Waals surface area contributed by atoms with Crippen LogP contribution in [0.2, 0.25) is 0 Å². The fourth-order valence-corrected chi connectivity index (χ4v) is 6.82. The summed E-state index contributed by atoms with van der Waals surface area (Å²) in [7, 11) is -1.22. The van der Waals surface area contributed by atoms with Gasteiger partial charge < -0.3 is 29.4 Å². The third-order valence-corrected chi connectivity index (χ3v) is 13.4. The number of carbonyl (C=O) groups excluding carboxylic acids is 2. The van der Waals surface area contributed by atoms with E-state index in [9.17, 15) is 9.59 Å². The highest BCUT2D eigenvalue weighted by Gasteiger charge is 2.30. The number of nitrogens with one attached hydrogen (secondary N) is 2. The van der Waals surface area contributed by atoms with Gasteiger partial charge in [0.25, 0.3) is 0 Å². The minimum atomic E-state index is -1.22. The Balaban J connectivity index is 1.08. The average molecular weight is 735 g/mol. The first-order valence-corrected chi connectivity index (χ1v) is 20.7. The molecule has 2 amide bonds. The Morgan fingerprint density at radius 1 is 0.962 bits per heavy atom. The molecular formula is C39H58N8O4S. The number of hydrogen-bond donors (Lipinski definition) is 2. The van der Waals surface area contributed by atoms with Gasteiger partial charge in [-0.25, -0.2) is 19.7 Å². The number of hydrogen-bond acceptors (Lipinski definition) is 10. The van der Waals surface area contributed by atoms with Crippen LogP contribution in [0.4, 0.5) is 22.2 Å². The summed E-state index contributed by atoms with van der Waals surface area (Å²) in [6, 6.07) is 14.5. The standard InChI is InChI=1S/C39H58N8O4S/c1-38(2,3)51-37(49)46-23-21-45(22-24-46)27-35(48)40-18-16-32-13-10-20-47(32)34-15-14-30(26-42-34)33-17-19-41-36(44-33)43-31-12-9-11-29(25-31)28-50-52(7,8)39(4,5)6/h9,11-12,14-15,17,19,25-26,32H,10,13,16,18,20-24,27-28H2,1-8H3,(H,40,48)(H,41,43,44). The highest BCUT2D eigenvalue weighted by Crippen LogP contribution is 2.54. The predicted molar refractivity (Wildman–Crippen MR) is 211 cm³/mol. The molecule has 0 aliphatic carbocycles. The van der Waals surface area contributed by atoms with E-state index in [-0.39, 0.29) is 16.7 Å². The highest BCUT2D eigenvalue weighted by atomic mass is 32.3. The summed E-state index contributed by atoms with van der Waals surface area (Å²) in [6.07, 6.45) is 10.8. The molecule has 2 aliphatic heterocycles. The number of ether oxygens (including phenoxy) is 1. The minimum Gasteiger partial charge on any atom is -0.444 e. The number of benzene rings is 1. The number of anilines is 3. The van der Waals surface area contributed by atoms with E-state index >= 15 is 0 Å². The molecule has 0 bridgehead atoms. The second-order valence-corrected chi connectivity index (χ2v) is 19.9. The van der Waals surface area contributed by atoms with Gasteiger partial charge >= 0.3 is 6.09 Å². The van der Waals surface area contributed by atoms with E-state index < -0.39 is 15.9 Å². The van der Waals surface area contributed by atoms with E-state index in [4.69, 9.17) is 18.9 Å². The molecule has 2 saturated heterocycles. The second kappa shape index (κ2) is 16.8. The minimum absolute atomic E-state index is 0.0132. The number of nitrogens with zero attached hydrogens (tertiary/aromatic N) is 6. The molecule has 1 atom stereocenters. The van der Waals surface area contributed by atoms with Crippen LogP contribution in [0.25, 0.3) is 11.3 Å². The first-order valence-electron chi connectivity index (χ1n) is 18.3. The maximum atomic E-state index is 12.7. The molecule has 2 aromatic heterocycles. The maximum Gasteiger partial charge on any atom is 0.410 e. The molecule has 52 heavy (non-hydrogen) atoms. The Labute approximate surface area is 311 Å². The van der Waals surface area contributed by atoms with Gasteiger partial charge in [0, 0.05) is 73.7 Å². The van der Waals surface area contributed by atoms with Gasteiger partial charge in [-0.15, -0.1) is 10.3 Å². The third-order valence-electron chi connectivity index (χ3n) is 9.74. The van der Waals surface area contributed by atoms with Crippen LogP contribution < -0.4 is 15.5 Å². The lowest BCUT2D eigenvalue weighted by Crippen LogP contribution is -2.52. The molecule has 284 valence electrons. The van der Waals surface area contributed by atoms with Crippen LogP contribution in [-0.4, -0.2) is 111 Å². The zero-order valence-corrected chi connectivity index (χ0v) is 33.1. The average Bonchev–Trinajstić information content (AvgIpc) is 3.55. The molecule has 0 radical (unpaired) electrons. The fraction of sp³-hybridized carbons (Fsp3) is 0.564. The highest BCUT2D eigenvalue weighted by molar-refractivity contribution is 8.29. The van der Waals surface area contributed by atoms with Gasteiger partial charge in [-0.1, -0.05) is 32.9 Å². The van der Waals surface area contributed by atoms with E-state index in [0.29, 0.717) is 57.9 Å². The molecule has 5 rings (SSSR count). The molecule has 3 aromatic rings. The molecule has 0 saturated carbocycles. The topological polar surface area (TPSA) is 125 Å². The molecule has 2 N–H and O–H groups in total. The van der Waals surface area contributed by atoms with Crippen LogP contribution in [0.3, 0.4) is 0 Å². The Bertz CT molecular complexity index is 1650. The second-order valence-electron chi connectivity index (χ2n) is 16.0. The molecule has 12 nitrogen and oxygen atoms in total. The van der Waals surface area contributed by atoms with E-state index in [1.165, 1.54) is 0 Å². The van der Waals surface area contributed by atoms with Crippen molar-refractivity contribution in [2.45, 2.75) is 83.8 Å². The van der Waals surface area contributed by atoms with Crippen molar-refractivity contribution >= 4 is 39.8 Å². The lowest BCUT2D eigenvalue weighted by Gasteiger charge is -2.43. The lowest BCUT2D eigenvalue weighted by molar-refractivity contribution is -0.122. The summed E-state index contributed by atoms with van der Waals surface area (Å²) in [4.78, 5) is 45.3. The summed E-state index contributed by atoms with van der Waals surface area (Å²) in [5, 5.41) is 6.46. The van der Waals surface area contributed by atoms with Crippen molar-refractivity contribution in [2.75, 3.05) is 68.5 Å². The van der Waals surface area contributed by atoms with Crippen molar-refractivity contribution in [1.29, 1.82) is 0 Å². The zero-order chi connectivity index (χ0) is 37.5. The predicted octanol–water partition coefficient (Wildman–Crippen LogP) is 6.60. The van der Waals surface area contributed by atoms with Gasteiger partial charge in [0.2, 0.25) is 11.9 Å². The quantitative estimate of drug-likeness (QED) is 0.210. The number of piperazine rings is 1. The van der Waals surface area contributed by atoms with Crippen LogP contribution in [-0.2, 0) is 20.3 Å². The maximum absolute atomic E-state index is 12.7. The summed E-state index contributed by atoms with van der Waals surface area (Å²) in [5.41, 5.74) is 3.19. The van der Waals surface area contributed by atoms with Crippen LogP contribution in [0.15, 0.2) is 54.9 Å². The monoisotopic (exact) mass is 734 g/mol. The summed E-state index contributed by atoms with van der Waals surface area (Å²) in [5.74, 6) is 1.47. The van der Waals surface area contributed by atoms with Crippen molar-refractivity contribution in [3.05, 3.63) is 60.4 Å². The number of amides is 2. The van der Waals surface area contributed by atoms with Crippen LogP contribution in [0, 0.1) is 0 Å². The number of aromatic nitrogens is 3. The molecule has 13 heteroatoms. The van der Waals surface area contributed by atoms with Crippen molar-refractivity contribution in [3.8, 4) is 11.3 Å². The third kappa shape index (κ3) is 11.0. The number of carbonyl (C=O) groups is 2. The SMILES string of the molecule is CC(C)(C)OC(=O)N1CCN(CC(=O)NCCC2CCCN2c2ccc(-c3ccnc(Nc4cccc(COS(C)(C)C(C)(C)C)c4)n3)cn2)CC1. The summed E-state index contributed by atoms with van der Waals surface area (Å²) >= 11 is 0. The normalized spacial score (nSPS) is 17.6. The van der Waals surface area contributed by atoms with Crippen LogP contribution in [0.5, 0.6) is 0 Å². The molecule has 1 unspecified atom stereocenters. The van der Waals surface area contributed by atoms with Gasteiger partial charge in [-0.2, -0.15) is 0 Å². The van der Waals surface area contributed by atoms with Gasteiger partial charge in [-0.05, 0) is 88.4 Å². The Hall–Kier alpha value is -3.94. The van der Waals surface area contributed by atoms with Gasteiger partial charge in [0.05, 0.1) is 18.8 Å². The molecule has 1 aromatic carbocycles. The first kappa shape index (κ1) is 39.3. The Morgan fingerprint density at radius 2 is 1.73 bits per heavy atom. The van der Waals surface area contributed by atoms with Crippen molar-refractivity contribution < 1.29 is 18.5 Å².